The Balaban J connectivity index is 2.09. The second kappa shape index (κ2) is 8.71. The van der Waals surface area contributed by atoms with Crippen molar-refractivity contribution in [1.82, 2.24) is 9.97 Å². The maximum atomic E-state index is 5.77. The van der Waals surface area contributed by atoms with E-state index in [1.807, 2.05) is 44.3 Å². The monoisotopic (exact) mass is 365 g/mol. The van der Waals surface area contributed by atoms with Gasteiger partial charge < -0.3 is 14.8 Å². The topological polar surface area (TPSA) is 56.3 Å². The quantitative estimate of drug-likeness (QED) is 0.577. The van der Waals surface area contributed by atoms with Gasteiger partial charge in [-0.25, -0.2) is 9.97 Å². The maximum absolute atomic E-state index is 5.77. The lowest BCUT2D eigenvalue weighted by molar-refractivity contribution is 0.337. The molecule has 3 aromatic rings. The van der Waals surface area contributed by atoms with Gasteiger partial charge in [0, 0.05) is 17.3 Å². The van der Waals surface area contributed by atoms with Gasteiger partial charge in [-0.15, -0.1) is 0 Å². The molecular formula is C22H27N3O2. The Morgan fingerprint density at radius 3 is 2.56 bits per heavy atom. The van der Waals surface area contributed by atoms with E-state index in [9.17, 15) is 0 Å². The number of methoxy groups -OCH3 is 1. The average molecular weight is 365 g/mol. The number of aryl methyl sites for hydroxylation is 2. The Labute approximate surface area is 160 Å². The summed E-state index contributed by atoms with van der Waals surface area (Å²) in [4.78, 5) is 9.25. The van der Waals surface area contributed by atoms with Gasteiger partial charge >= 0.3 is 0 Å². The molecular weight excluding hydrogens is 338 g/mol. The molecule has 0 saturated heterocycles. The van der Waals surface area contributed by atoms with Crippen LogP contribution >= 0.6 is 0 Å². The number of benzene rings is 1. The molecule has 0 fully saturated rings. The third-order valence-electron chi connectivity index (χ3n) is 4.54. The van der Waals surface area contributed by atoms with Crippen molar-refractivity contribution in [2.75, 3.05) is 19.0 Å². The van der Waals surface area contributed by atoms with Gasteiger partial charge in [-0.3, -0.25) is 0 Å². The van der Waals surface area contributed by atoms with E-state index in [2.05, 4.69) is 28.3 Å². The molecule has 0 saturated carbocycles. The second-order valence-electron chi connectivity index (χ2n) is 6.49. The lowest BCUT2D eigenvalue weighted by Crippen LogP contribution is -2.03. The van der Waals surface area contributed by atoms with Crippen LogP contribution in [-0.2, 0) is 6.42 Å². The molecule has 0 bridgehead atoms. The highest BCUT2D eigenvalue weighted by atomic mass is 16.5. The van der Waals surface area contributed by atoms with Crippen LogP contribution in [0.3, 0.4) is 0 Å². The largest absolute Gasteiger partial charge is 0.497 e. The van der Waals surface area contributed by atoms with E-state index in [0.717, 1.165) is 58.9 Å². The first-order valence-corrected chi connectivity index (χ1v) is 9.49. The number of anilines is 2. The fourth-order valence-corrected chi connectivity index (χ4v) is 3.06. The third-order valence-corrected chi connectivity index (χ3v) is 4.54. The smallest absolute Gasteiger partial charge is 0.161 e. The van der Waals surface area contributed by atoms with Crippen molar-refractivity contribution >= 4 is 22.4 Å². The Kier molecular flexibility index (Phi) is 6.12. The minimum atomic E-state index is 0.609. The molecule has 5 nitrogen and oxygen atoms in total. The molecule has 142 valence electrons. The zero-order chi connectivity index (χ0) is 19.2. The van der Waals surface area contributed by atoms with Gasteiger partial charge in [0.05, 0.1) is 25.1 Å². The molecule has 0 amide bonds. The summed E-state index contributed by atoms with van der Waals surface area (Å²) >= 11 is 0. The molecule has 0 aliphatic rings. The minimum absolute atomic E-state index is 0.609. The van der Waals surface area contributed by atoms with Gasteiger partial charge in [0.15, 0.2) is 5.65 Å². The number of rotatable bonds is 8. The first kappa shape index (κ1) is 19.0. The van der Waals surface area contributed by atoms with Gasteiger partial charge in [-0.05, 0) is 62.6 Å². The summed E-state index contributed by atoms with van der Waals surface area (Å²) in [6, 6.07) is 9.98. The van der Waals surface area contributed by atoms with Crippen molar-refractivity contribution in [3.63, 3.8) is 0 Å². The molecule has 3 rings (SSSR count). The predicted octanol–water partition coefficient (Wildman–Crippen LogP) is 5.43. The predicted molar refractivity (Wildman–Crippen MR) is 110 cm³/mol. The van der Waals surface area contributed by atoms with Crippen LogP contribution in [-0.4, -0.2) is 23.7 Å². The van der Waals surface area contributed by atoms with Gasteiger partial charge in [-0.2, -0.15) is 0 Å². The number of fused-ring (bicyclic) bond motifs is 1. The molecule has 5 heteroatoms. The summed E-state index contributed by atoms with van der Waals surface area (Å²) in [6.07, 6.45) is 5.16. The number of aromatic nitrogens is 2. The number of nitrogens with one attached hydrogen (secondary N) is 1. The van der Waals surface area contributed by atoms with Crippen LogP contribution in [0, 0.1) is 6.92 Å². The van der Waals surface area contributed by atoms with Crippen LogP contribution < -0.4 is 14.8 Å². The van der Waals surface area contributed by atoms with Gasteiger partial charge in [0.2, 0.25) is 0 Å². The SMILES string of the molecule is CCCCc1cnc2nc(C)c(OCC)cc2c1Nc1ccc(OC)cc1. The highest BCUT2D eigenvalue weighted by Crippen LogP contribution is 2.33. The lowest BCUT2D eigenvalue weighted by atomic mass is 10.0. The van der Waals surface area contributed by atoms with E-state index in [1.165, 1.54) is 5.56 Å². The highest BCUT2D eigenvalue weighted by molar-refractivity contribution is 5.93. The van der Waals surface area contributed by atoms with E-state index in [4.69, 9.17) is 9.47 Å². The molecule has 0 unspecified atom stereocenters. The summed E-state index contributed by atoms with van der Waals surface area (Å²) < 4.78 is 11.0. The van der Waals surface area contributed by atoms with Gasteiger partial charge in [0.25, 0.3) is 0 Å². The molecule has 1 aromatic carbocycles. The second-order valence-corrected chi connectivity index (χ2v) is 6.49. The van der Waals surface area contributed by atoms with E-state index in [1.54, 1.807) is 7.11 Å². The summed E-state index contributed by atoms with van der Waals surface area (Å²) in [7, 11) is 1.67. The van der Waals surface area contributed by atoms with E-state index < -0.39 is 0 Å². The first-order chi connectivity index (χ1) is 13.2. The Morgan fingerprint density at radius 2 is 1.89 bits per heavy atom. The summed E-state index contributed by atoms with van der Waals surface area (Å²) in [5, 5.41) is 4.55. The molecule has 0 aliphatic heterocycles. The van der Waals surface area contributed by atoms with Crippen molar-refractivity contribution in [1.29, 1.82) is 0 Å². The average Bonchev–Trinajstić information content (AvgIpc) is 2.69. The van der Waals surface area contributed by atoms with Crippen LogP contribution in [0.15, 0.2) is 36.5 Å². The number of nitrogens with zero attached hydrogens (tertiary/aromatic N) is 2. The molecule has 2 heterocycles. The standard InChI is InChI=1S/C22H27N3O2/c1-5-7-8-16-14-23-22-19(13-20(27-6-2)15(3)24-22)21(16)25-17-9-11-18(26-4)12-10-17/h9-14H,5-8H2,1-4H3,(H,23,24,25). The van der Waals surface area contributed by atoms with Crippen LogP contribution in [0.2, 0.25) is 0 Å². The third kappa shape index (κ3) is 4.30. The molecule has 0 spiro atoms. The molecule has 0 radical (unpaired) electrons. The zero-order valence-electron chi connectivity index (χ0n) is 16.5. The van der Waals surface area contributed by atoms with Crippen molar-refractivity contribution in [2.24, 2.45) is 0 Å². The zero-order valence-corrected chi connectivity index (χ0v) is 16.5. The van der Waals surface area contributed by atoms with Crippen molar-refractivity contribution < 1.29 is 9.47 Å². The number of hydrogen-bond acceptors (Lipinski definition) is 5. The molecule has 0 atom stereocenters. The van der Waals surface area contributed by atoms with Crippen molar-refractivity contribution in [2.45, 2.75) is 40.0 Å². The Hall–Kier alpha value is -2.82. The maximum Gasteiger partial charge on any atom is 0.161 e. The Morgan fingerprint density at radius 1 is 1.11 bits per heavy atom. The Bertz CT molecular complexity index is 908. The van der Waals surface area contributed by atoms with Gasteiger partial charge in [0.1, 0.15) is 11.5 Å². The minimum Gasteiger partial charge on any atom is -0.497 e. The molecule has 2 aromatic heterocycles. The van der Waals surface area contributed by atoms with Crippen LogP contribution in [0.1, 0.15) is 37.9 Å². The van der Waals surface area contributed by atoms with E-state index in [0.29, 0.717) is 6.61 Å². The van der Waals surface area contributed by atoms with Crippen molar-refractivity contribution in [3.8, 4) is 11.5 Å². The number of pyridine rings is 2. The fourth-order valence-electron chi connectivity index (χ4n) is 3.06. The highest BCUT2D eigenvalue weighted by Gasteiger charge is 2.13. The van der Waals surface area contributed by atoms with E-state index >= 15 is 0 Å². The van der Waals surface area contributed by atoms with E-state index in [-0.39, 0.29) is 0 Å². The molecule has 0 aliphatic carbocycles. The molecule has 27 heavy (non-hydrogen) atoms. The summed E-state index contributed by atoms with van der Waals surface area (Å²) in [6.45, 7) is 6.74. The number of ether oxygens (including phenoxy) is 2. The lowest BCUT2D eigenvalue weighted by Gasteiger charge is -2.16. The first-order valence-electron chi connectivity index (χ1n) is 9.49. The van der Waals surface area contributed by atoms with Gasteiger partial charge in [-0.1, -0.05) is 13.3 Å². The molecule has 1 N–H and O–H groups in total. The van der Waals surface area contributed by atoms with Crippen molar-refractivity contribution in [3.05, 3.63) is 47.8 Å². The van der Waals surface area contributed by atoms with Crippen LogP contribution in [0.25, 0.3) is 11.0 Å². The number of hydrogen-bond donors (Lipinski definition) is 1. The van der Waals surface area contributed by atoms with Crippen LogP contribution in [0.5, 0.6) is 11.5 Å². The summed E-state index contributed by atoms with van der Waals surface area (Å²) in [5.41, 5.74) is 4.82. The fraction of sp³-hybridized carbons (Fsp3) is 0.364. The normalized spacial score (nSPS) is 10.8. The summed E-state index contributed by atoms with van der Waals surface area (Å²) in [5.74, 6) is 1.64. The van der Waals surface area contributed by atoms with Crippen LogP contribution in [0.4, 0.5) is 11.4 Å². The number of unbranched alkanes of at least 4 members (excludes halogenated alkanes) is 1.